The van der Waals surface area contributed by atoms with Crippen molar-refractivity contribution in [3.8, 4) is 0 Å². The molecule has 0 aliphatic carbocycles. The fourth-order valence-electron chi connectivity index (χ4n) is 1.88. The Bertz CT molecular complexity index is 718. The molecule has 1 heterocycles. The quantitative estimate of drug-likeness (QED) is 0.848. The van der Waals surface area contributed by atoms with E-state index in [1.807, 2.05) is 26.8 Å². The van der Waals surface area contributed by atoms with E-state index >= 15 is 0 Å². The molecule has 0 spiro atoms. The van der Waals surface area contributed by atoms with Crippen LogP contribution < -0.4 is 10.6 Å². The Morgan fingerprint density at radius 2 is 1.83 bits per heavy atom. The first-order valence-electron chi connectivity index (χ1n) is 7.27. The first-order valence-corrected chi connectivity index (χ1v) is 7.27. The summed E-state index contributed by atoms with van der Waals surface area (Å²) in [5.41, 5.74) is 1.27. The molecule has 0 bridgehead atoms. The van der Waals surface area contributed by atoms with Gasteiger partial charge < -0.3 is 10.6 Å². The Morgan fingerprint density at radius 3 is 2.39 bits per heavy atom. The van der Waals surface area contributed by atoms with Gasteiger partial charge in [0.1, 0.15) is 11.5 Å². The van der Waals surface area contributed by atoms with Gasteiger partial charge in [-0.2, -0.15) is 0 Å². The van der Waals surface area contributed by atoms with E-state index in [0.29, 0.717) is 11.4 Å². The number of ketones is 1. The van der Waals surface area contributed by atoms with Gasteiger partial charge in [-0.15, -0.1) is 0 Å². The lowest BCUT2D eigenvalue weighted by molar-refractivity contribution is 0.0913. The van der Waals surface area contributed by atoms with E-state index < -0.39 is 0 Å². The number of nitrogens with one attached hydrogen (secondary N) is 2. The topological polar surface area (TPSA) is 84.0 Å². The second-order valence-electron chi connectivity index (χ2n) is 6.25. The van der Waals surface area contributed by atoms with Gasteiger partial charge in [0.05, 0.1) is 12.4 Å². The number of carbonyl (C=O) groups excluding carboxylic acids is 2. The maximum Gasteiger partial charge on any atom is 0.271 e. The SMILES string of the molecule is CC(=O)c1cccc(Nc2cnc(C(=O)NC(C)(C)C)cn2)c1. The van der Waals surface area contributed by atoms with Crippen LogP contribution in [0.15, 0.2) is 36.7 Å². The highest BCUT2D eigenvalue weighted by molar-refractivity contribution is 5.95. The van der Waals surface area contributed by atoms with E-state index in [0.717, 1.165) is 5.69 Å². The van der Waals surface area contributed by atoms with Crippen molar-refractivity contribution in [3.63, 3.8) is 0 Å². The molecule has 1 aromatic carbocycles. The summed E-state index contributed by atoms with van der Waals surface area (Å²) in [6.07, 6.45) is 2.90. The van der Waals surface area contributed by atoms with Crippen LogP contribution in [0.4, 0.5) is 11.5 Å². The molecule has 120 valence electrons. The van der Waals surface area contributed by atoms with Gasteiger partial charge in [-0.05, 0) is 39.8 Å². The van der Waals surface area contributed by atoms with Gasteiger partial charge in [0, 0.05) is 16.8 Å². The molecule has 6 heteroatoms. The summed E-state index contributed by atoms with van der Waals surface area (Å²) in [7, 11) is 0. The number of rotatable bonds is 4. The molecule has 0 unspecified atom stereocenters. The Balaban J connectivity index is 2.10. The molecular formula is C17H20N4O2. The summed E-state index contributed by atoms with van der Waals surface area (Å²) < 4.78 is 0. The van der Waals surface area contributed by atoms with Crippen LogP contribution in [0.25, 0.3) is 0 Å². The minimum absolute atomic E-state index is 0.00562. The summed E-state index contributed by atoms with van der Waals surface area (Å²) in [4.78, 5) is 31.7. The minimum atomic E-state index is -0.331. The van der Waals surface area contributed by atoms with Crippen LogP contribution in [-0.2, 0) is 0 Å². The number of nitrogens with zero attached hydrogens (tertiary/aromatic N) is 2. The molecule has 0 saturated carbocycles. The first-order chi connectivity index (χ1) is 10.7. The molecule has 1 amide bonds. The lowest BCUT2D eigenvalue weighted by Gasteiger charge is -2.19. The second kappa shape index (κ2) is 6.56. The number of carbonyl (C=O) groups is 2. The number of amides is 1. The smallest absolute Gasteiger partial charge is 0.271 e. The summed E-state index contributed by atoms with van der Waals surface area (Å²) in [6.45, 7) is 7.21. The van der Waals surface area contributed by atoms with Crippen LogP contribution in [0.2, 0.25) is 0 Å². The van der Waals surface area contributed by atoms with Crippen molar-refractivity contribution in [2.45, 2.75) is 33.2 Å². The zero-order valence-corrected chi connectivity index (χ0v) is 13.7. The van der Waals surface area contributed by atoms with Crippen LogP contribution in [0, 0.1) is 0 Å². The summed E-state index contributed by atoms with van der Waals surface area (Å²) in [5, 5.41) is 5.88. The Hall–Kier alpha value is -2.76. The predicted octanol–water partition coefficient (Wildman–Crippen LogP) is 2.95. The molecule has 6 nitrogen and oxygen atoms in total. The van der Waals surface area contributed by atoms with Crippen molar-refractivity contribution >= 4 is 23.2 Å². The molecule has 0 aliphatic rings. The van der Waals surface area contributed by atoms with Gasteiger partial charge in [0.2, 0.25) is 0 Å². The molecule has 2 N–H and O–H groups in total. The molecule has 2 rings (SSSR count). The summed E-state index contributed by atoms with van der Waals surface area (Å²) in [6, 6.07) is 7.11. The van der Waals surface area contributed by atoms with Crippen LogP contribution in [-0.4, -0.2) is 27.2 Å². The minimum Gasteiger partial charge on any atom is -0.346 e. The molecule has 0 atom stereocenters. The van der Waals surface area contributed by atoms with Crippen LogP contribution >= 0.6 is 0 Å². The van der Waals surface area contributed by atoms with Crippen LogP contribution in [0.3, 0.4) is 0 Å². The third-order valence-electron chi connectivity index (χ3n) is 2.91. The van der Waals surface area contributed by atoms with Crippen molar-refractivity contribution in [1.82, 2.24) is 15.3 Å². The molecule has 1 aromatic heterocycles. The van der Waals surface area contributed by atoms with Gasteiger partial charge >= 0.3 is 0 Å². The average molecular weight is 312 g/mol. The number of benzene rings is 1. The number of anilines is 2. The number of hydrogen-bond donors (Lipinski definition) is 2. The number of aromatic nitrogens is 2. The largest absolute Gasteiger partial charge is 0.346 e. The van der Waals surface area contributed by atoms with E-state index in [1.165, 1.54) is 19.3 Å². The monoisotopic (exact) mass is 312 g/mol. The molecule has 0 fully saturated rings. The Morgan fingerprint density at radius 1 is 1.09 bits per heavy atom. The van der Waals surface area contributed by atoms with Crippen molar-refractivity contribution in [2.75, 3.05) is 5.32 Å². The van der Waals surface area contributed by atoms with E-state index in [9.17, 15) is 9.59 Å². The summed E-state index contributed by atoms with van der Waals surface area (Å²) >= 11 is 0. The standard InChI is InChI=1S/C17H20N4O2/c1-11(22)12-6-5-7-13(8-12)20-15-10-18-14(9-19-15)16(23)21-17(2,3)4/h5-10H,1-4H3,(H,19,20)(H,21,23). The lowest BCUT2D eigenvalue weighted by Crippen LogP contribution is -2.40. The van der Waals surface area contributed by atoms with E-state index in [2.05, 4.69) is 20.6 Å². The van der Waals surface area contributed by atoms with Crippen LogP contribution in [0.5, 0.6) is 0 Å². The zero-order valence-electron chi connectivity index (χ0n) is 13.7. The number of Topliss-reactive ketones (excluding diaryl/α,β-unsaturated/α-hetero) is 1. The van der Waals surface area contributed by atoms with Gasteiger partial charge in [0.25, 0.3) is 5.91 Å². The van der Waals surface area contributed by atoms with E-state index in [1.54, 1.807) is 18.2 Å². The maximum atomic E-state index is 12.0. The Labute approximate surface area is 135 Å². The molecule has 0 radical (unpaired) electrons. The predicted molar refractivity (Wildman–Crippen MR) is 89.0 cm³/mol. The molecule has 0 aliphatic heterocycles. The van der Waals surface area contributed by atoms with Gasteiger partial charge in [-0.3, -0.25) is 9.59 Å². The highest BCUT2D eigenvalue weighted by atomic mass is 16.2. The second-order valence-corrected chi connectivity index (χ2v) is 6.25. The molecule has 2 aromatic rings. The summed E-state index contributed by atoms with van der Waals surface area (Å²) in [5.74, 6) is 0.224. The fourth-order valence-corrected chi connectivity index (χ4v) is 1.88. The van der Waals surface area contributed by atoms with Gasteiger partial charge in [0.15, 0.2) is 5.78 Å². The van der Waals surface area contributed by atoms with Gasteiger partial charge in [-0.1, -0.05) is 12.1 Å². The lowest BCUT2D eigenvalue weighted by atomic mass is 10.1. The van der Waals surface area contributed by atoms with E-state index in [-0.39, 0.29) is 22.9 Å². The Kier molecular flexibility index (Phi) is 4.74. The van der Waals surface area contributed by atoms with Crippen LogP contribution in [0.1, 0.15) is 48.5 Å². The third-order valence-corrected chi connectivity index (χ3v) is 2.91. The average Bonchev–Trinajstić information content (AvgIpc) is 2.46. The van der Waals surface area contributed by atoms with Crippen molar-refractivity contribution < 1.29 is 9.59 Å². The van der Waals surface area contributed by atoms with Crippen molar-refractivity contribution in [3.05, 3.63) is 47.9 Å². The third kappa shape index (κ3) is 4.88. The zero-order chi connectivity index (χ0) is 17.0. The fraction of sp³-hybridized carbons (Fsp3) is 0.294. The highest BCUT2D eigenvalue weighted by Gasteiger charge is 2.16. The molecular weight excluding hydrogens is 292 g/mol. The maximum absolute atomic E-state index is 12.0. The molecule has 23 heavy (non-hydrogen) atoms. The first kappa shape index (κ1) is 16.6. The molecule has 0 saturated heterocycles. The van der Waals surface area contributed by atoms with Crippen molar-refractivity contribution in [2.24, 2.45) is 0 Å². The normalized spacial score (nSPS) is 11.0. The van der Waals surface area contributed by atoms with E-state index in [4.69, 9.17) is 0 Å². The van der Waals surface area contributed by atoms with Crippen molar-refractivity contribution in [1.29, 1.82) is 0 Å². The highest BCUT2D eigenvalue weighted by Crippen LogP contribution is 2.16. The number of hydrogen-bond acceptors (Lipinski definition) is 5. The van der Waals surface area contributed by atoms with Gasteiger partial charge in [-0.25, -0.2) is 9.97 Å².